The minimum absolute atomic E-state index is 0.0979. The molecule has 1 heterocycles. The molecule has 0 radical (unpaired) electrons. The predicted molar refractivity (Wildman–Crippen MR) is 101 cm³/mol. The molecule has 1 fully saturated rings. The van der Waals surface area contributed by atoms with Crippen molar-refractivity contribution in [3.63, 3.8) is 0 Å². The monoisotopic (exact) mass is 398 g/mol. The Morgan fingerprint density at radius 2 is 1.74 bits per heavy atom. The van der Waals surface area contributed by atoms with E-state index in [1.54, 1.807) is 37.9 Å². The van der Waals surface area contributed by atoms with Crippen molar-refractivity contribution < 1.29 is 27.9 Å². The average molecular weight is 398 g/mol. The smallest absolute Gasteiger partial charge is 0.341 e. The topological polar surface area (TPSA) is 104 Å². The fraction of sp³-hybridized carbons (Fsp3) is 0.556. The molecule has 0 aromatic heterocycles. The van der Waals surface area contributed by atoms with Gasteiger partial charge in [0, 0.05) is 31.7 Å². The van der Waals surface area contributed by atoms with Crippen LogP contribution in [0.2, 0.25) is 0 Å². The van der Waals surface area contributed by atoms with Gasteiger partial charge in [-0.25, -0.2) is 17.5 Å². The maximum absolute atomic E-state index is 12.8. The van der Waals surface area contributed by atoms with Crippen molar-refractivity contribution in [3.8, 4) is 5.75 Å². The molecular weight excluding hydrogens is 372 g/mol. The van der Waals surface area contributed by atoms with Crippen molar-refractivity contribution in [1.82, 2.24) is 9.21 Å². The molecule has 0 spiro atoms. The van der Waals surface area contributed by atoms with E-state index in [0.717, 1.165) is 0 Å². The van der Waals surface area contributed by atoms with E-state index in [9.17, 15) is 18.0 Å². The summed E-state index contributed by atoms with van der Waals surface area (Å²) in [6.45, 7) is 4.08. The van der Waals surface area contributed by atoms with Gasteiger partial charge in [-0.1, -0.05) is 0 Å². The summed E-state index contributed by atoms with van der Waals surface area (Å²) >= 11 is 0. The number of ether oxygens (including phenoxy) is 1. The fourth-order valence-corrected chi connectivity index (χ4v) is 4.07. The zero-order chi connectivity index (χ0) is 20.4. The summed E-state index contributed by atoms with van der Waals surface area (Å²) in [7, 11) is -1.68. The van der Waals surface area contributed by atoms with Gasteiger partial charge in [0.15, 0.2) is 6.61 Å². The van der Waals surface area contributed by atoms with Crippen molar-refractivity contribution >= 4 is 21.9 Å². The average Bonchev–Trinajstić information content (AvgIpc) is 2.58. The van der Waals surface area contributed by atoms with Crippen LogP contribution in [-0.2, 0) is 14.8 Å². The van der Waals surface area contributed by atoms with Crippen LogP contribution in [0, 0.1) is 13.8 Å². The van der Waals surface area contributed by atoms with Gasteiger partial charge < -0.3 is 14.7 Å². The Kier molecular flexibility index (Phi) is 6.48. The zero-order valence-electron chi connectivity index (χ0n) is 16.1. The maximum Gasteiger partial charge on any atom is 0.341 e. The molecule has 0 unspecified atom stereocenters. The van der Waals surface area contributed by atoms with Crippen LogP contribution in [0.4, 0.5) is 0 Å². The Bertz CT molecular complexity index is 805. The van der Waals surface area contributed by atoms with Crippen LogP contribution >= 0.6 is 0 Å². The minimum atomic E-state index is -3.25. The molecule has 1 amide bonds. The van der Waals surface area contributed by atoms with E-state index >= 15 is 0 Å². The van der Waals surface area contributed by atoms with Crippen LogP contribution in [0.25, 0.3) is 0 Å². The Morgan fingerprint density at radius 3 is 2.19 bits per heavy atom. The van der Waals surface area contributed by atoms with Gasteiger partial charge in [-0.15, -0.1) is 0 Å². The summed E-state index contributed by atoms with van der Waals surface area (Å²) in [5.41, 5.74) is 1.92. The van der Waals surface area contributed by atoms with Crippen molar-refractivity contribution in [3.05, 3.63) is 28.8 Å². The summed E-state index contributed by atoms with van der Waals surface area (Å²) in [6, 6.07) is 3.29. The lowest BCUT2D eigenvalue weighted by Gasteiger charge is -2.35. The lowest BCUT2D eigenvalue weighted by molar-refractivity contribution is -0.139. The standard InChI is InChI=1S/C18H26N2O6S/c1-12-9-14(10-13(2)17(12)26-11-16(21)22)18(23)20-7-5-15(6-8-20)19(3)27(4,24)25/h9-10,15H,5-8,11H2,1-4H3,(H,21,22). The Labute approximate surface area is 159 Å². The second kappa shape index (κ2) is 8.26. The first-order valence-electron chi connectivity index (χ1n) is 8.69. The predicted octanol–water partition coefficient (Wildman–Crippen LogP) is 1.26. The first-order chi connectivity index (χ1) is 12.5. The Morgan fingerprint density at radius 1 is 1.22 bits per heavy atom. The van der Waals surface area contributed by atoms with Gasteiger partial charge in [0.2, 0.25) is 10.0 Å². The third-order valence-electron chi connectivity index (χ3n) is 4.84. The number of amides is 1. The van der Waals surface area contributed by atoms with Crippen molar-refractivity contribution in [1.29, 1.82) is 0 Å². The number of nitrogens with zero attached hydrogens (tertiary/aromatic N) is 2. The van der Waals surface area contributed by atoms with Gasteiger partial charge in [-0.05, 0) is 49.9 Å². The molecule has 9 heteroatoms. The number of aliphatic carboxylic acids is 1. The number of hydrogen-bond donors (Lipinski definition) is 1. The van der Waals surface area contributed by atoms with Crippen molar-refractivity contribution in [2.45, 2.75) is 32.7 Å². The van der Waals surface area contributed by atoms with E-state index in [0.29, 0.717) is 48.4 Å². The molecule has 0 aliphatic carbocycles. The fourth-order valence-electron chi connectivity index (χ4n) is 3.32. The third kappa shape index (κ3) is 5.20. The van der Waals surface area contributed by atoms with Crippen LogP contribution in [0.5, 0.6) is 5.75 Å². The molecule has 8 nitrogen and oxygen atoms in total. The largest absolute Gasteiger partial charge is 0.481 e. The highest BCUT2D eigenvalue weighted by atomic mass is 32.2. The number of benzene rings is 1. The molecule has 0 saturated carbocycles. The number of carbonyl (C=O) groups excluding carboxylic acids is 1. The summed E-state index contributed by atoms with van der Waals surface area (Å²) in [5.74, 6) is -0.704. The number of carbonyl (C=O) groups is 2. The first kappa shape index (κ1) is 21.2. The molecule has 1 N–H and O–H groups in total. The van der Waals surface area contributed by atoms with Gasteiger partial charge >= 0.3 is 5.97 Å². The molecule has 0 atom stereocenters. The van der Waals surface area contributed by atoms with Crippen LogP contribution < -0.4 is 4.74 Å². The number of hydrogen-bond acceptors (Lipinski definition) is 5. The second-order valence-corrected chi connectivity index (χ2v) is 8.97. The maximum atomic E-state index is 12.8. The number of likely N-dealkylation sites (tertiary alicyclic amines) is 1. The Balaban J connectivity index is 2.07. The molecule has 1 aliphatic heterocycles. The van der Waals surface area contributed by atoms with Gasteiger partial charge in [0.25, 0.3) is 5.91 Å². The zero-order valence-corrected chi connectivity index (χ0v) is 16.9. The molecule has 0 bridgehead atoms. The van der Waals surface area contributed by atoms with Crippen LogP contribution in [0.15, 0.2) is 12.1 Å². The van der Waals surface area contributed by atoms with E-state index in [1.807, 2.05) is 0 Å². The minimum Gasteiger partial charge on any atom is -0.481 e. The number of sulfonamides is 1. The highest BCUT2D eigenvalue weighted by Crippen LogP contribution is 2.26. The lowest BCUT2D eigenvalue weighted by atomic mass is 10.0. The lowest BCUT2D eigenvalue weighted by Crippen LogP contribution is -2.47. The summed E-state index contributed by atoms with van der Waals surface area (Å²) in [5, 5.41) is 8.75. The number of piperidine rings is 1. The summed E-state index contributed by atoms with van der Waals surface area (Å²) < 4.78 is 30.0. The SMILES string of the molecule is Cc1cc(C(=O)N2CCC(N(C)S(C)(=O)=O)CC2)cc(C)c1OCC(=O)O. The number of carboxylic acids is 1. The van der Waals surface area contributed by atoms with E-state index in [2.05, 4.69) is 0 Å². The Hall–Kier alpha value is -2.13. The second-order valence-electron chi connectivity index (χ2n) is 6.92. The summed E-state index contributed by atoms with van der Waals surface area (Å²) in [4.78, 5) is 25.2. The highest BCUT2D eigenvalue weighted by Gasteiger charge is 2.29. The van der Waals surface area contributed by atoms with E-state index in [4.69, 9.17) is 9.84 Å². The molecule has 1 aromatic carbocycles. The normalized spacial score (nSPS) is 15.8. The van der Waals surface area contributed by atoms with Crippen molar-refractivity contribution in [2.75, 3.05) is 33.0 Å². The van der Waals surface area contributed by atoms with Gasteiger partial charge in [-0.2, -0.15) is 0 Å². The first-order valence-corrected chi connectivity index (χ1v) is 10.5. The van der Waals surface area contributed by atoms with E-state index in [-0.39, 0.29) is 11.9 Å². The summed E-state index contributed by atoms with van der Waals surface area (Å²) in [6.07, 6.45) is 2.37. The van der Waals surface area contributed by atoms with Gasteiger partial charge in [-0.3, -0.25) is 4.79 Å². The number of aryl methyl sites for hydroxylation is 2. The molecule has 1 saturated heterocycles. The third-order valence-corrected chi connectivity index (χ3v) is 6.18. The molecule has 150 valence electrons. The van der Waals surface area contributed by atoms with Crippen LogP contribution in [0.3, 0.4) is 0 Å². The molecule has 1 aromatic rings. The molecule has 2 rings (SSSR count). The van der Waals surface area contributed by atoms with Gasteiger partial charge in [0.05, 0.1) is 6.26 Å². The number of rotatable bonds is 6. The van der Waals surface area contributed by atoms with E-state index in [1.165, 1.54) is 10.6 Å². The quantitative estimate of drug-likeness (QED) is 0.774. The van der Waals surface area contributed by atoms with E-state index < -0.39 is 22.6 Å². The van der Waals surface area contributed by atoms with Crippen LogP contribution in [-0.4, -0.2) is 73.6 Å². The molecule has 1 aliphatic rings. The van der Waals surface area contributed by atoms with Gasteiger partial charge in [0.1, 0.15) is 5.75 Å². The molecule has 27 heavy (non-hydrogen) atoms. The number of carboxylic acid groups (broad SMARTS) is 1. The van der Waals surface area contributed by atoms with Crippen molar-refractivity contribution in [2.24, 2.45) is 0 Å². The molecular formula is C18H26N2O6S. The highest BCUT2D eigenvalue weighted by molar-refractivity contribution is 7.88. The van der Waals surface area contributed by atoms with Crippen LogP contribution in [0.1, 0.15) is 34.3 Å².